The molecule has 4 aliphatic rings. The summed E-state index contributed by atoms with van der Waals surface area (Å²) < 4.78 is 23.9. The number of thioether (sulfide) groups is 2. The Labute approximate surface area is 320 Å². The SMILES string of the molecule is CCC[C@@H](CC[C@H](Cc1ccc(F)cc1)C(=O)C[C@H]1CCS[C@H]2CCC[C@@H](C(=O)OC)N2C1=O)C(=O)NC1CCS[C@H]2CCC[C@@H](C(=O)OC)N2C1=O. The van der Waals surface area contributed by atoms with E-state index in [2.05, 4.69) is 5.32 Å². The minimum Gasteiger partial charge on any atom is -0.467 e. The summed E-state index contributed by atoms with van der Waals surface area (Å²) in [6, 6.07) is 3.93. The maximum Gasteiger partial charge on any atom is 0.328 e. The molecule has 1 aromatic rings. The van der Waals surface area contributed by atoms with Crippen LogP contribution in [0.15, 0.2) is 24.3 Å². The van der Waals surface area contributed by atoms with Crippen molar-refractivity contribution in [3.63, 3.8) is 0 Å². The van der Waals surface area contributed by atoms with Gasteiger partial charge in [-0.15, -0.1) is 23.5 Å². The van der Waals surface area contributed by atoms with Crippen LogP contribution in [-0.2, 0) is 44.7 Å². The predicted molar refractivity (Wildman–Crippen MR) is 201 cm³/mol. The Hall–Kier alpha value is -3.13. The van der Waals surface area contributed by atoms with Gasteiger partial charge in [-0.2, -0.15) is 0 Å². The minimum atomic E-state index is -0.771. The molecule has 4 fully saturated rings. The van der Waals surface area contributed by atoms with E-state index < -0.39 is 47.8 Å². The summed E-state index contributed by atoms with van der Waals surface area (Å²) in [5.41, 5.74) is 0.781. The number of hydrogen-bond acceptors (Lipinski definition) is 10. The van der Waals surface area contributed by atoms with E-state index in [-0.39, 0.29) is 46.5 Å². The third kappa shape index (κ3) is 10.1. The number of fused-ring (bicyclic) bond motifs is 2. The second-order valence-corrected chi connectivity index (χ2v) is 17.2. The van der Waals surface area contributed by atoms with Crippen molar-refractivity contribution in [2.24, 2.45) is 17.8 Å². The van der Waals surface area contributed by atoms with Gasteiger partial charge >= 0.3 is 11.9 Å². The van der Waals surface area contributed by atoms with E-state index in [1.165, 1.54) is 26.4 Å². The van der Waals surface area contributed by atoms with E-state index in [9.17, 15) is 33.2 Å². The predicted octanol–water partition coefficient (Wildman–Crippen LogP) is 5.28. The number of hydrogen-bond donors (Lipinski definition) is 1. The van der Waals surface area contributed by atoms with Crippen LogP contribution >= 0.6 is 23.5 Å². The van der Waals surface area contributed by atoms with Crippen LogP contribution in [0.4, 0.5) is 4.39 Å². The Bertz CT molecular complexity index is 1480. The Morgan fingerprint density at radius 3 is 1.94 bits per heavy atom. The highest BCUT2D eigenvalue weighted by molar-refractivity contribution is 8.00. The van der Waals surface area contributed by atoms with Crippen LogP contribution in [0.25, 0.3) is 0 Å². The third-order valence-corrected chi connectivity index (χ3v) is 13.9. The van der Waals surface area contributed by atoms with Gasteiger partial charge in [0.2, 0.25) is 17.7 Å². The maximum absolute atomic E-state index is 14.2. The van der Waals surface area contributed by atoms with Crippen molar-refractivity contribution in [2.75, 3.05) is 25.7 Å². The standard InChI is InChI=1S/C39H54FN3O8S2/c1-4-7-25(35(45)41-29-19-21-53-34-11-6-9-31(39(49)51-3)43(34)37(29)47)14-15-26(22-24-12-16-28(40)17-13-24)32(44)23-27-18-20-52-33-10-5-8-30(38(48)50-2)42(33)36(27)46/h12-13,16-17,25-27,29-31,33-34H,4-11,14-15,18-23H2,1-3H3,(H,41,45)/t25-,26+,27+,29?,30-,31-,33-,34-/m0/s1. The minimum absolute atomic E-state index is 0.0135. The summed E-state index contributed by atoms with van der Waals surface area (Å²) in [5.74, 6) is -2.30. The highest BCUT2D eigenvalue weighted by Gasteiger charge is 2.45. The number of piperidine rings is 2. The number of Topliss-reactive ketones (excluding diaryl/α,β-unsaturated/α-hetero) is 1. The molecule has 5 rings (SSSR count). The summed E-state index contributed by atoms with van der Waals surface area (Å²) in [5, 5.41) is 2.75. The molecule has 1 N–H and O–H groups in total. The van der Waals surface area contributed by atoms with Gasteiger partial charge in [0.05, 0.1) is 25.0 Å². The number of carbonyl (C=O) groups excluding carboxylic acids is 6. The van der Waals surface area contributed by atoms with E-state index in [0.717, 1.165) is 31.2 Å². The summed E-state index contributed by atoms with van der Waals surface area (Å²) in [6.07, 6.45) is 7.58. The van der Waals surface area contributed by atoms with Gasteiger partial charge in [-0.25, -0.2) is 14.0 Å². The number of nitrogens with one attached hydrogen (secondary N) is 1. The lowest BCUT2D eigenvalue weighted by Crippen LogP contribution is -2.57. The zero-order valence-corrected chi connectivity index (χ0v) is 32.7. The zero-order valence-electron chi connectivity index (χ0n) is 31.1. The number of ether oxygens (including phenoxy) is 2. The highest BCUT2D eigenvalue weighted by atomic mass is 32.2. The molecule has 14 heteroatoms. The molecule has 0 aromatic heterocycles. The van der Waals surface area contributed by atoms with Gasteiger partial charge in [-0.1, -0.05) is 25.5 Å². The van der Waals surface area contributed by atoms with Gasteiger partial charge in [-0.05, 0) is 106 Å². The molecule has 53 heavy (non-hydrogen) atoms. The Morgan fingerprint density at radius 2 is 1.36 bits per heavy atom. The first-order valence-electron chi connectivity index (χ1n) is 19.2. The molecule has 11 nitrogen and oxygen atoms in total. The fraction of sp³-hybridized carbons (Fsp3) is 0.692. The Kier molecular flexibility index (Phi) is 15.1. The van der Waals surface area contributed by atoms with Crippen molar-refractivity contribution in [3.05, 3.63) is 35.6 Å². The second-order valence-electron chi connectivity index (χ2n) is 14.7. The largest absolute Gasteiger partial charge is 0.467 e. The van der Waals surface area contributed by atoms with Crippen molar-refractivity contribution >= 4 is 59.0 Å². The average Bonchev–Trinajstić information content (AvgIpc) is 3.42. The zero-order chi connectivity index (χ0) is 38.1. The number of carbonyl (C=O) groups is 6. The van der Waals surface area contributed by atoms with E-state index in [4.69, 9.17) is 9.47 Å². The van der Waals surface area contributed by atoms with Crippen molar-refractivity contribution in [2.45, 2.75) is 126 Å². The summed E-state index contributed by atoms with van der Waals surface area (Å²) in [6.45, 7) is 1.99. The molecule has 4 saturated heterocycles. The topological polar surface area (TPSA) is 139 Å². The van der Waals surface area contributed by atoms with Crippen molar-refractivity contribution in [1.29, 1.82) is 0 Å². The van der Waals surface area contributed by atoms with Crippen molar-refractivity contribution in [1.82, 2.24) is 15.1 Å². The number of nitrogens with zero attached hydrogens (tertiary/aromatic N) is 2. The lowest BCUT2D eigenvalue weighted by molar-refractivity contribution is -0.157. The molecule has 3 amide bonds. The van der Waals surface area contributed by atoms with Crippen LogP contribution in [0.1, 0.15) is 96.0 Å². The first kappa shape index (κ1) is 41.0. The summed E-state index contributed by atoms with van der Waals surface area (Å²) in [4.78, 5) is 84.6. The lowest BCUT2D eigenvalue weighted by atomic mass is 9.82. The molecule has 0 bridgehead atoms. The number of esters is 2. The van der Waals surface area contributed by atoms with E-state index in [0.29, 0.717) is 69.3 Å². The normalized spacial score (nSPS) is 27.3. The van der Waals surface area contributed by atoms with Crippen LogP contribution in [0.5, 0.6) is 0 Å². The molecular formula is C39H54FN3O8S2. The van der Waals surface area contributed by atoms with Crippen LogP contribution in [0.3, 0.4) is 0 Å². The molecule has 8 atom stereocenters. The summed E-state index contributed by atoms with van der Waals surface area (Å²) >= 11 is 3.28. The molecule has 0 spiro atoms. The molecule has 0 radical (unpaired) electrons. The molecule has 1 unspecified atom stereocenters. The monoisotopic (exact) mass is 775 g/mol. The molecule has 1 aromatic carbocycles. The van der Waals surface area contributed by atoms with Crippen molar-refractivity contribution < 1.29 is 42.6 Å². The first-order chi connectivity index (χ1) is 25.6. The maximum atomic E-state index is 14.2. The van der Waals surface area contributed by atoms with Gasteiger partial charge in [-0.3, -0.25) is 19.2 Å². The van der Waals surface area contributed by atoms with E-state index in [1.54, 1.807) is 45.5 Å². The number of benzene rings is 1. The van der Waals surface area contributed by atoms with Gasteiger partial charge in [0, 0.05) is 24.2 Å². The molecule has 0 saturated carbocycles. The van der Waals surface area contributed by atoms with Crippen LogP contribution in [-0.4, -0.2) is 99.8 Å². The van der Waals surface area contributed by atoms with Crippen molar-refractivity contribution in [3.8, 4) is 0 Å². The number of amides is 3. The van der Waals surface area contributed by atoms with Crippen LogP contribution < -0.4 is 5.32 Å². The van der Waals surface area contributed by atoms with Crippen LogP contribution in [0.2, 0.25) is 0 Å². The molecule has 0 aliphatic carbocycles. The van der Waals surface area contributed by atoms with Gasteiger partial charge < -0.3 is 24.6 Å². The fourth-order valence-electron chi connectivity index (χ4n) is 8.35. The highest BCUT2D eigenvalue weighted by Crippen LogP contribution is 2.38. The number of rotatable bonds is 14. The van der Waals surface area contributed by atoms with E-state index in [1.807, 2.05) is 6.92 Å². The lowest BCUT2D eigenvalue weighted by Gasteiger charge is -2.40. The molecule has 292 valence electrons. The quantitative estimate of drug-likeness (QED) is 0.249. The smallest absolute Gasteiger partial charge is 0.328 e. The van der Waals surface area contributed by atoms with Gasteiger partial charge in [0.1, 0.15) is 29.7 Å². The molecular weight excluding hydrogens is 722 g/mol. The molecule has 4 heterocycles. The van der Waals surface area contributed by atoms with Crippen LogP contribution in [0, 0.1) is 23.6 Å². The number of ketones is 1. The molecule has 4 aliphatic heterocycles. The third-order valence-electron chi connectivity index (χ3n) is 11.2. The number of halogens is 1. The van der Waals surface area contributed by atoms with Gasteiger partial charge in [0.25, 0.3) is 0 Å². The summed E-state index contributed by atoms with van der Waals surface area (Å²) in [7, 11) is 2.65. The first-order valence-corrected chi connectivity index (χ1v) is 21.3. The Morgan fingerprint density at radius 1 is 0.792 bits per heavy atom. The number of methoxy groups -OCH3 is 2. The van der Waals surface area contributed by atoms with Gasteiger partial charge in [0.15, 0.2) is 0 Å². The Balaban J connectivity index is 1.29. The fourth-order valence-corrected chi connectivity index (χ4v) is 11.2. The average molecular weight is 776 g/mol. The van der Waals surface area contributed by atoms with E-state index >= 15 is 0 Å². The second kappa shape index (κ2) is 19.5.